The van der Waals surface area contributed by atoms with Crippen LogP contribution in [0.5, 0.6) is 0 Å². The molecular formula is C20H15N3O3. The highest BCUT2D eigenvalue weighted by Crippen LogP contribution is 2.26. The number of carbonyl (C=O) groups is 1. The van der Waals surface area contributed by atoms with Crippen molar-refractivity contribution in [1.82, 2.24) is 10.5 Å². The molecule has 6 heteroatoms. The topological polar surface area (TPSA) is 87.4 Å². The fourth-order valence-electron chi connectivity index (χ4n) is 2.72. The molecule has 0 radical (unpaired) electrons. The van der Waals surface area contributed by atoms with E-state index >= 15 is 0 Å². The van der Waals surface area contributed by atoms with Crippen molar-refractivity contribution in [3.63, 3.8) is 0 Å². The van der Waals surface area contributed by atoms with Gasteiger partial charge in [0.25, 0.3) is 11.9 Å². The number of nitrogens with zero attached hydrogens (tertiary/aromatic N) is 1. The second-order valence-corrected chi connectivity index (χ2v) is 5.71. The monoisotopic (exact) mass is 345 g/mol. The van der Waals surface area contributed by atoms with E-state index in [-0.39, 0.29) is 0 Å². The van der Waals surface area contributed by atoms with E-state index in [1.54, 1.807) is 23.7 Å². The SMILES string of the molecule is O=C(NO)c1ccc2oc(Nc3cccc(-c4ccccc4)c3)nc2c1. The minimum absolute atomic E-state index is 0.297. The molecule has 0 unspecified atom stereocenters. The number of rotatable bonds is 4. The molecule has 0 saturated heterocycles. The fraction of sp³-hybridized carbons (Fsp3) is 0. The lowest BCUT2D eigenvalue weighted by Gasteiger charge is -2.05. The van der Waals surface area contributed by atoms with Crippen molar-refractivity contribution in [2.24, 2.45) is 0 Å². The molecule has 3 N–H and O–H groups in total. The number of nitrogens with one attached hydrogen (secondary N) is 2. The van der Waals surface area contributed by atoms with E-state index in [0.29, 0.717) is 22.7 Å². The van der Waals surface area contributed by atoms with Gasteiger partial charge in [0.2, 0.25) is 0 Å². The van der Waals surface area contributed by atoms with Gasteiger partial charge in [-0.05, 0) is 41.5 Å². The Morgan fingerprint density at radius 1 is 0.923 bits per heavy atom. The average molecular weight is 345 g/mol. The first kappa shape index (κ1) is 15.9. The highest BCUT2D eigenvalue weighted by Gasteiger charge is 2.10. The zero-order valence-corrected chi connectivity index (χ0v) is 13.6. The summed E-state index contributed by atoms with van der Waals surface area (Å²) in [5, 5.41) is 11.9. The second-order valence-electron chi connectivity index (χ2n) is 5.71. The van der Waals surface area contributed by atoms with Crippen LogP contribution in [-0.4, -0.2) is 16.1 Å². The van der Waals surface area contributed by atoms with Crippen LogP contribution in [0.15, 0.2) is 77.2 Å². The van der Waals surface area contributed by atoms with Crippen molar-refractivity contribution >= 4 is 28.7 Å². The summed E-state index contributed by atoms with van der Waals surface area (Å²) in [6.45, 7) is 0. The number of hydroxylamine groups is 1. The van der Waals surface area contributed by atoms with Crippen LogP contribution in [-0.2, 0) is 0 Å². The van der Waals surface area contributed by atoms with Crippen molar-refractivity contribution in [3.05, 3.63) is 78.4 Å². The highest BCUT2D eigenvalue weighted by atomic mass is 16.5. The van der Waals surface area contributed by atoms with Gasteiger partial charge in [-0.1, -0.05) is 42.5 Å². The zero-order chi connectivity index (χ0) is 17.9. The van der Waals surface area contributed by atoms with Gasteiger partial charge in [-0.3, -0.25) is 10.0 Å². The predicted octanol–water partition coefficient (Wildman–Crippen LogP) is 4.36. The fourth-order valence-corrected chi connectivity index (χ4v) is 2.72. The molecule has 0 spiro atoms. The summed E-state index contributed by atoms with van der Waals surface area (Å²) in [5.41, 5.74) is 6.00. The predicted molar refractivity (Wildman–Crippen MR) is 98.4 cm³/mol. The van der Waals surface area contributed by atoms with E-state index in [1.165, 1.54) is 0 Å². The van der Waals surface area contributed by atoms with Gasteiger partial charge in [0.1, 0.15) is 5.52 Å². The maximum absolute atomic E-state index is 11.5. The summed E-state index contributed by atoms with van der Waals surface area (Å²) >= 11 is 0. The van der Waals surface area contributed by atoms with E-state index in [4.69, 9.17) is 9.62 Å². The van der Waals surface area contributed by atoms with Gasteiger partial charge >= 0.3 is 0 Å². The van der Waals surface area contributed by atoms with Gasteiger partial charge in [0.05, 0.1) is 0 Å². The van der Waals surface area contributed by atoms with E-state index in [2.05, 4.69) is 10.3 Å². The maximum atomic E-state index is 11.5. The molecule has 1 aromatic heterocycles. The molecule has 4 aromatic rings. The van der Waals surface area contributed by atoms with Gasteiger partial charge in [0.15, 0.2) is 5.58 Å². The number of carbonyl (C=O) groups excluding carboxylic acids is 1. The third kappa shape index (κ3) is 3.13. The van der Waals surface area contributed by atoms with Crippen molar-refractivity contribution < 1.29 is 14.4 Å². The number of fused-ring (bicyclic) bond motifs is 1. The summed E-state index contributed by atoms with van der Waals surface area (Å²) in [6, 6.07) is 23.1. The van der Waals surface area contributed by atoms with E-state index in [1.807, 2.05) is 54.6 Å². The molecule has 1 amide bonds. The Morgan fingerprint density at radius 2 is 1.73 bits per heavy atom. The van der Waals surface area contributed by atoms with Gasteiger partial charge in [-0.2, -0.15) is 4.98 Å². The number of oxazole rings is 1. The standard InChI is InChI=1S/C20H15N3O3/c24-19(23-25)15-9-10-18-17(12-15)22-20(26-18)21-16-8-4-7-14(11-16)13-5-2-1-3-6-13/h1-12,25H,(H,21,22)(H,23,24). The Labute approximate surface area is 149 Å². The number of aromatic nitrogens is 1. The molecule has 0 bridgehead atoms. The lowest BCUT2D eigenvalue weighted by atomic mass is 10.1. The summed E-state index contributed by atoms with van der Waals surface area (Å²) in [6.07, 6.45) is 0. The van der Waals surface area contributed by atoms with Gasteiger partial charge in [-0.25, -0.2) is 5.48 Å². The first-order valence-electron chi connectivity index (χ1n) is 8.00. The van der Waals surface area contributed by atoms with Crippen molar-refractivity contribution in [3.8, 4) is 11.1 Å². The molecule has 0 saturated carbocycles. The molecule has 3 aromatic carbocycles. The van der Waals surface area contributed by atoms with E-state index in [9.17, 15) is 4.79 Å². The third-order valence-corrected chi connectivity index (χ3v) is 3.97. The Bertz CT molecular complexity index is 1070. The quantitative estimate of drug-likeness (QED) is 0.378. The maximum Gasteiger partial charge on any atom is 0.300 e. The third-order valence-electron chi connectivity index (χ3n) is 3.97. The van der Waals surface area contributed by atoms with Crippen LogP contribution >= 0.6 is 0 Å². The minimum Gasteiger partial charge on any atom is -0.423 e. The van der Waals surface area contributed by atoms with Gasteiger partial charge < -0.3 is 9.73 Å². The van der Waals surface area contributed by atoms with Crippen LogP contribution in [0.25, 0.3) is 22.2 Å². The number of hydrogen-bond acceptors (Lipinski definition) is 5. The molecule has 4 rings (SSSR count). The summed E-state index contributed by atoms with van der Waals surface area (Å²) < 4.78 is 5.67. The summed E-state index contributed by atoms with van der Waals surface area (Å²) in [7, 11) is 0. The van der Waals surface area contributed by atoms with Crippen LogP contribution in [0.1, 0.15) is 10.4 Å². The van der Waals surface area contributed by atoms with Crippen molar-refractivity contribution in [2.45, 2.75) is 0 Å². The molecule has 128 valence electrons. The number of anilines is 2. The van der Waals surface area contributed by atoms with Crippen LogP contribution < -0.4 is 10.8 Å². The summed E-state index contributed by atoms with van der Waals surface area (Å²) in [4.78, 5) is 15.8. The zero-order valence-electron chi connectivity index (χ0n) is 13.6. The smallest absolute Gasteiger partial charge is 0.300 e. The van der Waals surface area contributed by atoms with Crippen molar-refractivity contribution in [2.75, 3.05) is 5.32 Å². The van der Waals surface area contributed by atoms with Crippen molar-refractivity contribution in [1.29, 1.82) is 0 Å². The molecule has 0 fully saturated rings. The van der Waals surface area contributed by atoms with E-state index in [0.717, 1.165) is 16.8 Å². The highest BCUT2D eigenvalue weighted by molar-refractivity contribution is 5.96. The Kier molecular flexibility index (Phi) is 4.09. The molecule has 0 aliphatic carbocycles. The Morgan fingerprint density at radius 3 is 2.54 bits per heavy atom. The first-order valence-corrected chi connectivity index (χ1v) is 8.00. The Hall–Kier alpha value is -3.64. The summed E-state index contributed by atoms with van der Waals surface area (Å²) in [5.74, 6) is -0.597. The lowest BCUT2D eigenvalue weighted by molar-refractivity contribution is 0.0706. The second kappa shape index (κ2) is 6.70. The van der Waals surface area contributed by atoms with Gasteiger partial charge in [-0.15, -0.1) is 0 Å². The average Bonchev–Trinajstić information content (AvgIpc) is 3.09. The number of hydrogen-bond donors (Lipinski definition) is 3. The number of amides is 1. The molecule has 6 nitrogen and oxygen atoms in total. The van der Waals surface area contributed by atoms with Crippen LogP contribution in [0, 0.1) is 0 Å². The van der Waals surface area contributed by atoms with Crippen LogP contribution in [0.2, 0.25) is 0 Å². The lowest BCUT2D eigenvalue weighted by Crippen LogP contribution is -2.18. The molecule has 1 heterocycles. The van der Waals surface area contributed by atoms with Crippen LogP contribution in [0.3, 0.4) is 0 Å². The number of benzene rings is 3. The molecule has 26 heavy (non-hydrogen) atoms. The minimum atomic E-state index is -0.597. The molecule has 0 aliphatic heterocycles. The van der Waals surface area contributed by atoms with Crippen LogP contribution in [0.4, 0.5) is 11.7 Å². The molecule has 0 aliphatic rings. The largest absolute Gasteiger partial charge is 0.423 e. The first-order chi connectivity index (χ1) is 12.7. The normalized spacial score (nSPS) is 10.7. The molecule has 0 atom stereocenters. The Balaban J connectivity index is 1.62. The van der Waals surface area contributed by atoms with E-state index < -0.39 is 5.91 Å². The molecular weight excluding hydrogens is 330 g/mol. The van der Waals surface area contributed by atoms with Gasteiger partial charge in [0, 0.05) is 11.3 Å².